The van der Waals surface area contributed by atoms with Crippen molar-refractivity contribution < 1.29 is 24.1 Å². The first-order valence-corrected chi connectivity index (χ1v) is 8.86. The summed E-state index contributed by atoms with van der Waals surface area (Å²) >= 11 is 0. The van der Waals surface area contributed by atoms with Gasteiger partial charge in [-0.2, -0.15) is 0 Å². The number of aryl methyl sites for hydroxylation is 1. The summed E-state index contributed by atoms with van der Waals surface area (Å²) in [6.07, 6.45) is 1.13. The number of aliphatic carboxylic acids is 1. The molecular formula is C21H24O5. The van der Waals surface area contributed by atoms with E-state index in [1.807, 2.05) is 54.6 Å². The molecule has 0 amide bonds. The second-order valence-electron chi connectivity index (χ2n) is 6.40. The molecule has 3 rings (SSSR count). The van der Waals surface area contributed by atoms with Crippen molar-refractivity contribution in [2.24, 2.45) is 0 Å². The summed E-state index contributed by atoms with van der Waals surface area (Å²) in [6, 6.07) is 17.9. The number of ether oxygens (including phenoxy) is 3. The quantitative estimate of drug-likeness (QED) is 0.747. The number of carbonyl (C=O) groups is 1. The lowest BCUT2D eigenvalue weighted by Gasteiger charge is -2.19. The molecule has 5 nitrogen and oxygen atoms in total. The summed E-state index contributed by atoms with van der Waals surface area (Å²) in [5.41, 5.74) is 3.29. The molecule has 0 unspecified atom stereocenters. The lowest BCUT2D eigenvalue weighted by molar-refractivity contribution is -0.136. The third-order valence-electron chi connectivity index (χ3n) is 4.52. The van der Waals surface area contributed by atoms with Crippen LogP contribution < -0.4 is 0 Å². The molecule has 1 N–H and O–H groups in total. The van der Waals surface area contributed by atoms with Crippen molar-refractivity contribution in [3.05, 3.63) is 71.3 Å². The molecular weight excluding hydrogens is 332 g/mol. The topological polar surface area (TPSA) is 65.0 Å². The highest BCUT2D eigenvalue weighted by Gasteiger charge is 2.30. The van der Waals surface area contributed by atoms with E-state index in [0.29, 0.717) is 26.1 Å². The highest BCUT2D eigenvalue weighted by molar-refractivity contribution is 5.67. The van der Waals surface area contributed by atoms with Gasteiger partial charge in [0.2, 0.25) is 0 Å². The molecule has 0 bridgehead atoms. The zero-order chi connectivity index (χ0) is 18.2. The fourth-order valence-corrected chi connectivity index (χ4v) is 3.10. The molecule has 0 saturated carbocycles. The van der Waals surface area contributed by atoms with Gasteiger partial charge in [-0.05, 0) is 23.1 Å². The van der Waals surface area contributed by atoms with Crippen LogP contribution in [0.25, 0.3) is 0 Å². The van der Waals surface area contributed by atoms with Crippen molar-refractivity contribution in [1.29, 1.82) is 0 Å². The number of hydrogen-bond donors (Lipinski definition) is 1. The Morgan fingerprint density at radius 1 is 1.00 bits per heavy atom. The zero-order valence-electron chi connectivity index (χ0n) is 14.7. The Labute approximate surface area is 153 Å². The fourth-order valence-electron chi connectivity index (χ4n) is 3.10. The van der Waals surface area contributed by atoms with Gasteiger partial charge in [0.1, 0.15) is 12.9 Å². The molecule has 1 saturated heterocycles. The van der Waals surface area contributed by atoms with Gasteiger partial charge in [-0.25, -0.2) is 0 Å². The molecule has 1 aliphatic heterocycles. The van der Waals surface area contributed by atoms with Gasteiger partial charge in [-0.1, -0.05) is 54.6 Å². The summed E-state index contributed by atoms with van der Waals surface area (Å²) in [4.78, 5) is 10.9. The van der Waals surface area contributed by atoms with Crippen LogP contribution in [0.2, 0.25) is 0 Å². The average Bonchev–Trinajstić information content (AvgIpc) is 3.09. The minimum Gasteiger partial charge on any atom is -0.481 e. The van der Waals surface area contributed by atoms with Gasteiger partial charge in [-0.3, -0.25) is 4.79 Å². The maximum atomic E-state index is 10.9. The van der Waals surface area contributed by atoms with E-state index in [1.54, 1.807) is 0 Å². The minimum absolute atomic E-state index is 0.0863. The van der Waals surface area contributed by atoms with Crippen molar-refractivity contribution in [2.75, 3.05) is 13.4 Å². The third kappa shape index (κ3) is 5.39. The van der Waals surface area contributed by atoms with Crippen LogP contribution in [-0.4, -0.2) is 36.7 Å². The van der Waals surface area contributed by atoms with E-state index in [1.165, 1.54) is 0 Å². The van der Waals surface area contributed by atoms with Gasteiger partial charge in [0.05, 0.1) is 19.3 Å². The number of carboxylic acids is 1. The average molecular weight is 356 g/mol. The maximum absolute atomic E-state index is 10.9. The molecule has 2 aromatic carbocycles. The van der Waals surface area contributed by atoms with Crippen molar-refractivity contribution in [3.63, 3.8) is 0 Å². The van der Waals surface area contributed by atoms with E-state index in [9.17, 15) is 4.79 Å². The Kier molecular flexibility index (Phi) is 6.77. The van der Waals surface area contributed by atoms with Gasteiger partial charge in [-0.15, -0.1) is 0 Å². The summed E-state index contributed by atoms with van der Waals surface area (Å²) < 4.78 is 17.2. The van der Waals surface area contributed by atoms with E-state index in [-0.39, 0.29) is 25.4 Å². The van der Waals surface area contributed by atoms with Gasteiger partial charge >= 0.3 is 5.97 Å². The van der Waals surface area contributed by atoms with Gasteiger partial charge in [0, 0.05) is 12.8 Å². The number of hydrogen-bond acceptors (Lipinski definition) is 4. The van der Waals surface area contributed by atoms with E-state index in [2.05, 4.69) is 0 Å². The smallest absolute Gasteiger partial charge is 0.303 e. The van der Waals surface area contributed by atoms with Gasteiger partial charge < -0.3 is 19.3 Å². The normalized spacial score (nSPS) is 19.5. The second-order valence-corrected chi connectivity index (χ2v) is 6.40. The van der Waals surface area contributed by atoms with Crippen molar-refractivity contribution in [1.82, 2.24) is 0 Å². The predicted octanol–water partition coefficient (Wildman–Crippen LogP) is 3.20. The largest absolute Gasteiger partial charge is 0.481 e. The second kappa shape index (κ2) is 9.48. The summed E-state index contributed by atoms with van der Waals surface area (Å²) in [5.74, 6) is -0.785. The van der Waals surface area contributed by atoms with E-state index >= 15 is 0 Å². The van der Waals surface area contributed by atoms with E-state index in [0.717, 1.165) is 16.7 Å². The van der Waals surface area contributed by atoms with Crippen LogP contribution in [0, 0.1) is 0 Å². The van der Waals surface area contributed by atoms with Crippen LogP contribution in [0.3, 0.4) is 0 Å². The Hall–Kier alpha value is -2.21. The van der Waals surface area contributed by atoms with Gasteiger partial charge in [0.25, 0.3) is 0 Å². The predicted molar refractivity (Wildman–Crippen MR) is 96.8 cm³/mol. The van der Waals surface area contributed by atoms with Crippen LogP contribution in [0.5, 0.6) is 0 Å². The van der Waals surface area contributed by atoms with Crippen LogP contribution in [0.4, 0.5) is 0 Å². The van der Waals surface area contributed by atoms with Crippen LogP contribution in [0.15, 0.2) is 54.6 Å². The van der Waals surface area contributed by atoms with Gasteiger partial charge in [0.15, 0.2) is 0 Å². The highest BCUT2D eigenvalue weighted by Crippen LogP contribution is 2.21. The Morgan fingerprint density at radius 3 is 2.46 bits per heavy atom. The first kappa shape index (κ1) is 18.6. The molecule has 0 radical (unpaired) electrons. The molecule has 5 heteroatoms. The molecule has 1 aliphatic rings. The first-order chi connectivity index (χ1) is 12.7. The Morgan fingerprint density at radius 2 is 1.69 bits per heavy atom. The Balaban J connectivity index is 1.54. The SMILES string of the molecule is O=C(O)CCc1ccccc1C[C@@H]1OCO[C@H]1COCc1ccccc1. The summed E-state index contributed by atoms with van der Waals surface area (Å²) in [5, 5.41) is 8.92. The summed E-state index contributed by atoms with van der Waals surface area (Å²) in [6.45, 7) is 1.28. The van der Waals surface area contributed by atoms with Crippen molar-refractivity contribution in [3.8, 4) is 0 Å². The van der Waals surface area contributed by atoms with Crippen LogP contribution >= 0.6 is 0 Å². The maximum Gasteiger partial charge on any atom is 0.303 e. The molecule has 26 heavy (non-hydrogen) atoms. The number of rotatable bonds is 9. The number of carboxylic acid groups (broad SMARTS) is 1. The molecule has 0 spiro atoms. The van der Waals surface area contributed by atoms with E-state index < -0.39 is 5.97 Å². The van der Waals surface area contributed by atoms with Crippen molar-refractivity contribution >= 4 is 5.97 Å². The Bertz CT molecular complexity index is 701. The van der Waals surface area contributed by atoms with Crippen molar-refractivity contribution in [2.45, 2.75) is 38.1 Å². The lowest BCUT2D eigenvalue weighted by atomic mass is 9.96. The highest BCUT2D eigenvalue weighted by atomic mass is 16.7. The number of benzene rings is 2. The fraction of sp³-hybridized carbons (Fsp3) is 0.381. The molecule has 1 heterocycles. The van der Waals surface area contributed by atoms with Crippen LogP contribution in [-0.2, 0) is 38.5 Å². The van der Waals surface area contributed by atoms with E-state index in [4.69, 9.17) is 19.3 Å². The third-order valence-corrected chi connectivity index (χ3v) is 4.52. The monoisotopic (exact) mass is 356 g/mol. The first-order valence-electron chi connectivity index (χ1n) is 8.86. The molecule has 1 fully saturated rings. The zero-order valence-corrected chi connectivity index (χ0v) is 14.7. The molecule has 0 aromatic heterocycles. The standard InChI is InChI=1S/C21H24O5/c22-21(23)11-10-17-8-4-5-9-18(17)12-19-20(26-15-25-19)14-24-13-16-6-2-1-3-7-16/h1-9,19-20H,10-15H2,(H,22,23)/t19-,20-/m0/s1. The molecule has 2 atom stereocenters. The lowest BCUT2D eigenvalue weighted by Crippen LogP contribution is -2.30. The summed E-state index contributed by atoms with van der Waals surface area (Å²) in [7, 11) is 0. The minimum atomic E-state index is -0.785. The molecule has 2 aromatic rings. The van der Waals surface area contributed by atoms with Crippen LogP contribution in [0.1, 0.15) is 23.1 Å². The molecule has 138 valence electrons. The molecule has 0 aliphatic carbocycles.